The minimum atomic E-state index is -0.330. The lowest BCUT2D eigenvalue weighted by atomic mass is 9.79. The van der Waals surface area contributed by atoms with Gasteiger partial charge in [-0.3, -0.25) is 4.79 Å². The first-order valence-electron chi connectivity index (χ1n) is 9.88. The van der Waals surface area contributed by atoms with Crippen LogP contribution in [0.1, 0.15) is 49.9 Å². The quantitative estimate of drug-likeness (QED) is 0.729. The summed E-state index contributed by atoms with van der Waals surface area (Å²) < 4.78 is 5.61. The van der Waals surface area contributed by atoms with Gasteiger partial charge in [0.05, 0.1) is 15.7 Å². The first-order chi connectivity index (χ1) is 13.0. The van der Waals surface area contributed by atoms with E-state index in [4.69, 9.17) is 4.74 Å². The number of hydrogen-bond acceptors (Lipinski definition) is 5. The molecule has 1 heterocycles. The molecule has 1 aromatic rings. The summed E-state index contributed by atoms with van der Waals surface area (Å²) in [6, 6.07) is 7.00. The number of thioether (sulfide) groups is 2. The third kappa shape index (κ3) is 3.75. The Morgan fingerprint density at radius 3 is 2.22 bits per heavy atom. The molecule has 1 saturated heterocycles. The maximum Gasteiger partial charge on any atom is 0.338 e. The normalized spacial score (nSPS) is 28.5. The molecule has 0 radical (unpaired) electrons. The Bertz CT molecular complexity index is 697. The van der Waals surface area contributed by atoms with Gasteiger partial charge in [-0.2, -0.15) is 0 Å². The number of anilines is 1. The number of amides is 1. The van der Waals surface area contributed by atoms with Crippen LogP contribution in [-0.2, 0) is 9.53 Å². The van der Waals surface area contributed by atoms with Gasteiger partial charge in [-0.1, -0.05) is 0 Å². The summed E-state index contributed by atoms with van der Waals surface area (Å²) in [4.78, 5) is 24.8. The van der Waals surface area contributed by atoms with Gasteiger partial charge in [-0.15, -0.1) is 23.5 Å². The number of carbonyl (C=O) groups excluding carboxylic acids is 2. The average molecular weight is 406 g/mol. The zero-order chi connectivity index (χ0) is 19.0. The van der Waals surface area contributed by atoms with Crippen LogP contribution in [0.3, 0.4) is 0 Å². The summed E-state index contributed by atoms with van der Waals surface area (Å²) in [6.45, 7) is 3.66. The van der Waals surface area contributed by atoms with E-state index >= 15 is 0 Å². The van der Waals surface area contributed by atoms with Crippen molar-refractivity contribution in [2.75, 3.05) is 16.8 Å². The second kappa shape index (κ2) is 7.70. The van der Waals surface area contributed by atoms with Crippen molar-refractivity contribution in [1.82, 2.24) is 0 Å². The first kappa shape index (κ1) is 19.2. The monoisotopic (exact) mass is 405 g/mol. The van der Waals surface area contributed by atoms with Crippen LogP contribution in [0.4, 0.5) is 5.69 Å². The SMILES string of the molecule is CC(C)OC(=O)c1ccc(NC(=O)C2CC3CCC(C2)C32SCCS2)cc1. The van der Waals surface area contributed by atoms with E-state index in [1.54, 1.807) is 24.3 Å². The van der Waals surface area contributed by atoms with E-state index in [1.165, 1.54) is 24.3 Å². The molecule has 1 spiro atoms. The summed E-state index contributed by atoms with van der Waals surface area (Å²) in [7, 11) is 0. The molecule has 146 valence electrons. The first-order valence-corrected chi connectivity index (χ1v) is 11.8. The smallest absolute Gasteiger partial charge is 0.338 e. The van der Waals surface area contributed by atoms with Gasteiger partial charge >= 0.3 is 5.97 Å². The van der Waals surface area contributed by atoms with Crippen LogP contribution in [-0.4, -0.2) is 33.6 Å². The molecule has 2 aliphatic carbocycles. The van der Waals surface area contributed by atoms with Crippen molar-refractivity contribution in [3.63, 3.8) is 0 Å². The zero-order valence-electron chi connectivity index (χ0n) is 15.9. The minimum absolute atomic E-state index is 0.112. The number of nitrogens with one attached hydrogen (secondary N) is 1. The largest absolute Gasteiger partial charge is 0.459 e. The van der Waals surface area contributed by atoms with E-state index in [1.807, 2.05) is 13.8 Å². The fourth-order valence-corrected chi connectivity index (χ4v) is 8.77. The fourth-order valence-electron chi connectivity index (χ4n) is 4.83. The van der Waals surface area contributed by atoms with Gasteiger partial charge in [0.1, 0.15) is 0 Å². The third-order valence-electron chi connectivity index (χ3n) is 5.98. The Morgan fingerprint density at radius 1 is 1.07 bits per heavy atom. The molecule has 6 heteroatoms. The van der Waals surface area contributed by atoms with Gasteiger partial charge in [0.15, 0.2) is 0 Å². The summed E-state index contributed by atoms with van der Waals surface area (Å²) in [5, 5.41) is 3.06. The number of benzene rings is 1. The van der Waals surface area contributed by atoms with Crippen LogP contribution in [0.5, 0.6) is 0 Å². The molecule has 2 bridgehead atoms. The third-order valence-corrected chi connectivity index (χ3v) is 10.00. The van der Waals surface area contributed by atoms with E-state index in [0.717, 1.165) is 18.5 Å². The predicted molar refractivity (Wildman–Crippen MR) is 112 cm³/mol. The number of ether oxygens (including phenoxy) is 1. The minimum Gasteiger partial charge on any atom is -0.459 e. The van der Waals surface area contributed by atoms with E-state index in [9.17, 15) is 9.59 Å². The summed E-state index contributed by atoms with van der Waals surface area (Å²) >= 11 is 4.32. The molecule has 3 fully saturated rings. The van der Waals surface area contributed by atoms with Gasteiger partial charge < -0.3 is 10.1 Å². The maximum absolute atomic E-state index is 12.8. The lowest BCUT2D eigenvalue weighted by molar-refractivity contribution is -0.121. The molecule has 1 amide bonds. The number of carbonyl (C=O) groups is 2. The van der Waals surface area contributed by atoms with Crippen molar-refractivity contribution >= 4 is 41.1 Å². The Balaban J connectivity index is 1.37. The number of esters is 1. The summed E-state index contributed by atoms with van der Waals surface area (Å²) in [5.41, 5.74) is 1.26. The maximum atomic E-state index is 12.8. The van der Waals surface area contributed by atoms with Crippen molar-refractivity contribution in [2.45, 2.75) is 49.7 Å². The van der Waals surface area contributed by atoms with E-state index in [-0.39, 0.29) is 23.9 Å². The molecule has 0 aromatic heterocycles. The van der Waals surface area contributed by atoms with E-state index < -0.39 is 0 Å². The van der Waals surface area contributed by atoms with Gasteiger partial charge in [0, 0.05) is 23.1 Å². The molecular formula is C21H27NO3S2. The summed E-state index contributed by atoms with van der Waals surface area (Å²) in [5.74, 6) is 3.80. The predicted octanol–water partition coefficient (Wildman–Crippen LogP) is 4.80. The molecule has 2 atom stereocenters. The highest BCUT2D eigenvalue weighted by atomic mass is 32.2. The molecule has 4 nitrogen and oxygen atoms in total. The Hall–Kier alpha value is -1.14. The van der Waals surface area contributed by atoms with Crippen molar-refractivity contribution < 1.29 is 14.3 Å². The molecule has 1 aliphatic heterocycles. The zero-order valence-corrected chi connectivity index (χ0v) is 17.5. The topological polar surface area (TPSA) is 55.4 Å². The van der Waals surface area contributed by atoms with Crippen LogP contribution in [0.2, 0.25) is 0 Å². The van der Waals surface area contributed by atoms with Gasteiger partial charge in [0.25, 0.3) is 0 Å². The molecule has 27 heavy (non-hydrogen) atoms. The molecule has 3 aliphatic rings. The Morgan fingerprint density at radius 2 is 1.67 bits per heavy atom. The van der Waals surface area contributed by atoms with Crippen LogP contribution < -0.4 is 5.32 Å². The van der Waals surface area contributed by atoms with Crippen molar-refractivity contribution in [3.8, 4) is 0 Å². The fraction of sp³-hybridized carbons (Fsp3) is 0.619. The van der Waals surface area contributed by atoms with E-state index in [0.29, 0.717) is 21.5 Å². The highest BCUT2D eigenvalue weighted by Gasteiger charge is 2.57. The highest BCUT2D eigenvalue weighted by Crippen LogP contribution is 2.65. The van der Waals surface area contributed by atoms with Gasteiger partial charge in [-0.05, 0) is 75.6 Å². The number of rotatable bonds is 4. The Labute approximate surface area is 169 Å². The summed E-state index contributed by atoms with van der Waals surface area (Å²) in [6.07, 6.45) is 4.45. The lowest BCUT2D eigenvalue weighted by Crippen LogP contribution is -2.41. The molecule has 2 unspecified atom stereocenters. The van der Waals surface area contributed by atoms with Crippen molar-refractivity contribution in [1.29, 1.82) is 0 Å². The molecule has 2 saturated carbocycles. The molecular weight excluding hydrogens is 378 g/mol. The average Bonchev–Trinajstić information content (AvgIpc) is 3.17. The van der Waals surface area contributed by atoms with Gasteiger partial charge in [0.2, 0.25) is 5.91 Å². The van der Waals surface area contributed by atoms with Crippen molar-refractivity contribution in [2.24, 2.45) is 17.8 Å². The highest BCUT2D eigenvalue weighted by molar-refractivity contribution is 8.21. The van der Waals surface area contributed by atoms with Crippen LogP contribution in [0.25, 0.3) is 0 Å². The molecule has 1 N–H and O–H groups in total. The van der Waals surface area contributed by atoms with Crippen LogP contribution in [0.15, 0.2) is 24.3 Å². The van der Waals surface area contributed by atoms with E-state index in [2.05, 4.69) is 28.8 Å². The molecule has 1 aromatic carbocycles. The van der Waals surface area contributed by atoms with Crippen LogP contribution in [0, 0.1) is 17.8 Å². The molecule has 4 rings (SSSR count). The number of hydrogen-bond donors (Lipinski definition) is 1. The van der Waals surface area contributed by atoms with Crippen molar-refractivity contribution in [3.05, 3.63) is 29.8 Å². The Kier molecular flexibility index (Phi) is 5.48. The van der Waals surface area contributed by atoms with Crippen LogP contribution >= 0.6 is 23.5 Å². The second-order valence-electron chi connectivity index (χ2n) is 8.08. The van der Waals surface area contributed by atoms with Gasteiger partial charge in [-0.25, -0.2) is 4.79 Å². The standard InChI is InChI=1S/C21H27NO3S2/c1-13(2)25-20(24)14-3-7-18(8-4-14)22-19(23)15-11-16-5-6-17(12-15)21(16)26-9-10-27-21/h3-4,7-8,13,15-17H,5-6,9-12H2,1-2H3,(H,22,23). The lowest BCUT2D eigenvalue weighted by Gasteiger charge is -2.42. The second-order valence-corrected chi connectivity index (χ2v) is 11.1.